The molecule has 1 unspecified atom stereocenters. The highest BCUT2D eigenvalue weighted by Gasteiger charge is 2.27. The summed E-state index contributed by atoms with van der Waals surface area (Å²) in [5, 5.41) is 3.06. The highest BCUT2D eigenvalue weighted by atomic mass is 16.1. The van der Waals surface area contributed by atoms with E-state index in [9.17, 15) is 4.79 Å². The van der Waals surface area contributed by atoms with Crippen molar-refractivity contribution in [1.29, 1.82) is 0 Å². The number of pyridine rings is 1. The number of amides is 1. The van der Waals surface area contributed by atoms with E-state index in [4.69, 9.17) is 0 Å². The van der Waals surface area contributed by atoms with E-state index in [1.54, 1.807) is 12.4 Å². The number of aromatic nitrogens is 2. The molecule has 0 saturated heterocycles. The summed E-state index contributed by atoms with van der Waals surface area (Å²) in [7, 11) is 0. The first-order chi connectivity index (χ1) is 11.1. The maximum atomic E-state index is 12.7. The monoisotopic (exact) mass is 312 g/mol. The zero-order valence-corrected chi connectivity index (χ0v) is 13.8. The lowest BCUT2D eigenvalue weighted by atomic mass is 10.1. The van der Waals surface area contributed by atoms with Gasteiger partial charge in [-0.1, -0.05) is 6.07 Å². The van der Waals surface area contributed by atoms with Gasteiger partial charge in [0, 0.05) is 56.5 Å². The first kappa shape index (κ1) is 15.7. The average molecular weight is 312 g/mol. The highest BCUT2D eigenvalue weighted by Crippen LogP contribution is 2.19. The standard InChI is InChI=1S/C18H24N4O/c1-14(2)22-12-16(11-21-8-4-6-17(21)13-22)18(23)20-10-15-5-3-7-19-9-15/h3-9,14,16H,10-13H2,1-2H3,(H,20,23). The molecule has 2 aromatic rings. The van der Waals surface area contributed by atoms with Gasteiger partial charge >= 0.3 is 0 Å². The average Bonchev–Trinajstić information content (AvgIpc) is 2.90. The number of nitrogens with zero attached hydrogens (tertiary/aromatic N) is 3. The van der Waals surface area contributed by atoms with Gasteiger partial charge in [-0.3, -0.25) is 14.7 Å². The van der Waals surface area contributed by atoms with Gasteiger partial charge in [-0.25, -0.2) is 0 Å². The molecule has 23 heavy (non-hydrogen) atoms. The van der Waals surface area contributed by atoms with Gasteiger partial charge in [0.05, 0.1) is 5.92 Å². The molecule has 0 saturated carbocycles. The summed E-state index contributed by atoms with van der Waals surface area (Å²) >= 11 is 0. The van der Waals surface area contributed by atoms with Crippen molar-refractivity contribution in [3.8, 4) is 0 Å². The molecule has 1 aliphatic heterocycles. The Morgan fingerprint density at radius 1 is 1.35 bits per heavy atom. The van der Waals surface area contributed by atoms with Gasteiger partial charge in [0.2, 0.25) is 5.91 Å². The molecule has 5 nitrogen and oxygen atoms in total. The number of rotatable bonds is 4. The van der Waals surface area contributed by atoms with E-state index >= 15 is 0 Å². The summed E-state index contributed by atoms with van der Waals surface area (Å²) in [6.07, 6.45) is 5.60. The van der Waals surface area contributed by atoms with Crippen molar-refractivity contribution in [3.63, 3.8) is 0 Å². The molecule has 0 aliphatic carbocycles. The molecule has 1 atom stereocenters. The third kappa shape index (κ3) is 3.79. The van der Waals surface area contributed by atoms with Crippen LogP contribution in [0.1, 0.15) is 25.1 Å². The predicted molar refractivity (Wildman–Crippen MR) is 89.6 cm³/mol. The van der Waals surface area contributed by atoms with Crippen LogP contribution in [0.2, 0.25) is 0 Å². The molecular weight excluding hydrogens is 288 g/mol. The van der Waals surface area contributed by atoms with Crippen molar-refractivity contribution in [2.24, 2.45) is 5.92 Å². The Bertz CT molecular complexity index is 650. The third-order valence-electron chi connectivity index (χ3n) is 4.45. The zero-order valence-electron chi connectivity index (χ0n) is 13.8. The molecule has 3 heterocycles. The maximum absolute atomic E-state index is 12.7. The Balaban J connectivity index is 1.69. The predicted octanol–water partition coefficient (Wildman–Crippen LogP) is 2.04. The van der Waals surface area contributed by atoms with E-state index < -0.39 is 0 Å². The minimum atomic E-state index is -0.0391. The molecule has 0 spiro atoms. The van der Waals surface area contributed by atoms with Crippen molar-refractivity contribution in [1.82, 2.24) is 19.8 Å². The van der Waals surface area contributed by atoms with Gasteiger partial charge in [-0.05, 0) is 37.6 Å². The number of hydrogen-bond donors (Lipinski definition) is 1. The number of carbonyl (C=O) groups excluding carboxylic acids is 1. The molecule has 2 aromatic heterocycles. The van der Waals surface area contributed by atoms with Crippen LogP contribution in [-0.4, -0.2) is 32.9 Å². The molecule has 5 heteroatoms. The number of hydrogen-bond acceptors (Lipinski definition) is 3. The Hall–Kier alpha value is -2.14. The second-order valence-electron chi connectivity index (χ2n) is 6.45. The lowest BCUT2D eigenvalue weighted by Gasteiger charge is -2.27. The van der Waals surface area contributed by atoms with Crippen LogP contribution in [0.5, 0.6) is 0 Å². The van der Waals surface area contributed by atoms with E-state index in [0.29, 0.717) is 12.6 Å². The first-order valence-electron chi connectivity index (χ1n) is 8.18. The molecule has 1 aliphatic rings. The van der Waals surface area contributed by atoms with Gasteiger partial charge in [0.15, 0.2) is 0 Å². The summed E-state index contributed by atoms with van der Waals surface area (Å²) in [6, 6.07) is 8.49. The number of nitrogens with one attached hydrogen (secondary N) is 1. The van der Waals surface area contributed by atoms with Crippen LogP contribution in [0.4, 0.5) is 0 Å². The van der Waals surface area contributed by atoms with Crippen molar-refractivity contribution in [3.05, 3.63) is 54.1 Å². The quantitative estimate of drug-likeness (QED) is 0.940. The lowest BCUT2D eigenvalue weighted by Crippen LogP contribution is -2.40. The maximum Gasteiger partial charge on any atom is 0.226 e. The minimum absolute atomic E-state index is 0.0391. The Labute approximate surface area is 137 Å². The molecule has 3 rings (SSSR count). The smallest absolute Gasteiger partial charge is 0.226 e. The molecule has 1 amide bonds. The molecule has 122 valence electrons. The van der Waals surface area contributed by atoms with Crippen LogP contribution >= 0.6 is 0 Å². The zero-order chi connectivity index (χ0) is 16.2. The molecule has 0 radical (unpaired) electrons. The fourth-order valence-corrected chi connectivity index (χ4v) is 3.02. The molecule has 0 fully saturated rings. The summed E-state index contributed by atoms with van der Waals surface area (Å²) in [5.74, 6) is 0.0729. The second-order valence-corrected chi connectivity index (χ2v) is 6.45. The third-order valence-corrected chi connectivity index (χ3v) is 4.45. The van der Waals surface area contributed by atoms with Gasteiger partial charge < -0.3 is 9.88 Å². The molecular formula is C18H24N4O. The van der Waals surface area contributed by atoms with Gasteiger partial charge in [-0.2, -0.15) is 0 Å². The van der Waals surface area contributed by atoms with E-state index in [2.05, 4.69) is 51.9 Å². The van der Waals surface area contributed by atoms with Crippen LogP contribution in [0.3, 0.4) is 0 Å². The normalized spacial score (nSPS) is 18.5. The van der Waals surface area contributed by atoms with Crippen molar-refractivity contribution >= 4 is 5.91 Å². The van der Waals surface area contributed by atoms with Gasteiger partial charge in [-0.15, -0.1) is 0 Å². The topological polar surface area (TPSA) is 50.2 Å². The summed E-state index contributed by atoms with van der Waals surface area (Å²) < 4.78 is 2.21. The van der Waals surface area contributed by atoms with Crippen molar-refractivity contribution in [2.75, 3.05) is 6.54 Å². The SMILES string of the molecule is CC(C)N1Cc2cccn2CC(C(=O)NCc2cccnc2)C1. The Morgan fingerprint density at radius 3 is 2.96 bits per heavy atom. The Morgan fingerprint density at radius 2 is 2.22 bits per heavy atom. The van der Waals surface area contributed by atoms with Crippen molar-refractivity contribution in [2.45, 2.75) is 39.5 Å². The van der Waals surface area contributed by atoms with Gasteiger partial charge in [0.1, 0.15) is 0 Å². The van der Waals surface area contributed by atoms with E-state index in [0.717, 1.165) is 25.2 Å². The molecule has 1 N–H and O–H groups in total. The summed E-state index contributed by atoms with van der Waals surface area (Å²) in [6.45, 7) is 7.33. The fourth-order valence-electron chi connectivity index (χ4n) is 3.02. The summed E-state index contributed by atoms with van der Waals surface area (Å²) in [4.78, 5) is 19.1. The summed E-state index contributed by atoms with van der Waals surface area (Å²) in [5.41, 5.74) is 2.30. The van der Waals surface area contributed by atoms with Crippen LogP contribution in [0.15, 0.2) is 42.9 Å². The minimum Gasteiger partial charge on any atom is -0.352 e. The second kappa shape index (κ2) is 6.96. The first-order valence-corrected chi connectivity index (χ1v) is 8.18. The van der Waals surface area contributed by atoms with Crippen LogP contribution in [0.25, 0.3) is 0 Å². The van der Waals surface area contributed by atoms with Crippen LogP contribution < -0.4 is 5.32 Å². The fraction of sp³-hybridized carbons (Fsp3) is 0.444. The van der Waals surface area contributed by atoms with Gasteiger partial charge in [0.25, 0.3) is 0 Å². The van der Waals surface area contributed by atoms with Crippen LogP contribution in [-0.2, 0) is 24.4 Å². The van der Waals surface area contributed by atoms with E-state index in [-0.39, 0.29) is 11.8 Å². The largest absolute Gasteiger partial charge is 0.352 e. The number of carbonyl (C=O) groups is 1. The number of fused-ring (bicyclic) bond motifs is 1. The highest BCUT2D eigenvalue weighted by molar-refractivity contribution is 5.78. The van der Waals surface area contributed by atoms with Crippen molar-refractivity contribution < 1.29 is 4.79 Å². The van der Waals surface area contributed by atoms with E-state index in [1.807, 2.05) is 12.1 Å². The van der Waals surface area contributed by atoms with Crippen LogP contribution in [0, 0.1) is 5.92 Å². The van der Waals surface area contributed by atoms with E-state index in [1.165, 1.54) is 5.69 Å². The molecule has 0 aromatic carbocycles. The lowest BCUT2D eigenvalue weighted by molar-refractivity contribution is -0.126. The Kier molecular flexibility index (Phi) is 4.76. The molecule has 0 bridgehead atoms.